The number of aromatic nitrogens is 3. The molecular formula is C29H38N6O3. The van der Waals surface area contributed by atoms with Gasteiger partial charge in [-0.15, -0.1) is 0 Å². The normalized spacial score (nSPS) is 23.6. The lowest BCUT2D eigenvalue weighted by Crippen LogP contribution is -2.53. The summed E-state index contributed by atoms with van der Waals surface area (Å²) in [6.45, 7) is 13.9. The molecule has 0 saturated carbocycles. The van der Waals surface area contributed by atoms with Gasteiger partial charge >= 0.3 is 0 Å². The molecule has 2 aromatic rings. The van der Waals surface area contributed by atoms with Crippen LogP contribution < -0.4 is 10.6 Å². The van der Waals surface area contributed by atoms with Crippen LogP contribution in [0, 0.1) is 5.92 Å². The molecule has 0 spiro atoms. The summed E-state index contributed by atoms with van der Waals surface area (Å²) in [5.41, 5.74) is 4.35. The highest BCUT2D eigenvalue weighted by Gasteiger charge is 2.34. The van der Waals surface area contributed by atoms with Gasteiger partial charge in [0, 0.05) is 36.5 Å². The van der Waals surface area contributed by atoms with E-state index in [0.717, 1.165) is 36.1 Å². The maximum absolute atomic E-state index is 13.7. The molecule has 0 aromatic carbocycles. The van der Waals surface area contributed by atoms with E-state index < -0.39 is 5.92 Å². The lowest BCUT2D eigenvalue weighted by Gasteiger charge is -2.41. The Labute approximate surface area is 223 Å². The highest BCUT2D eigenvalue weighted by molar-refractivity contribution is 6.07. The fourth-order valence-corrected chi connectivity index (χ4v) is 6.09. The number of hydrogen-bond donors (Lipinski definition) is 2. The number of rotatable bonds is 5. The molecule has 0 bridgehead atoms. The zero-order valence-corrected chi connectivity index (χ0v) is 23.2. The Morgan fingerprint density at radius 3 is 2.63 bits per heavy atom. The van der Waals surface area contributed by atoms with Gasteiger partial charge in [-0.25, -0.2) is 14.7 Å². The maximum Gasteiger partial charge on any atom is 0.254 e. The van der Waals surface area contributed by atoms with Crippen LogP contribution in [-0.4, -0.2) is 63.1 Å². The summed E-state index contributed by atoms with van der Waals surface area (Å²) in [5.74, 6) is -0.928. The molecule has 202 valence electrons. The fraction of sp³-hybridized carbons (Fsp3) is 0.552. The molecule has 5 heterocycles. The molecule has 0 aliphatic carbocycles. The van der Waals surface area contributed by atoms with Gasteiger partial charge in [0.05, 0.1) is 34.8 Å². The minimum absolute atomic E-state index is 0.128. The Balaban J connectivity index is 1.54. The number of dihydropyridines is 1. The van der Waals surface area contributed by atoms with E-state index in [9.17, 15) is 9.59 Å². The second kappa shape index (κ2) is 9.85. The van der Waals surface area contributed by atoms with Crippen LogP contribution in [0.15, 0.2) is 35.0 Å². The number of nitrogens with one attached hydrogen (secondary N) is 2. The van der Waals surface area contributed by atoms with Gasteiger partial charge in [-0.05, 0) is 78.5 Å². The number of hydrogen-bond acceptors (Lipinski definition) is 6. The van der Waals surface area contributed by atoms with Gasteiger partial charge in [0.15, 0.2) is 5.65 Å². The highest BCUT2D eigenvalue weighted by Crippen LogP contribution is 2.35. The van der Waals surface area contributed by atoms with Crippen molar-refractivity contribution >= 4 is 34.1 Å². The van der Waals surface area contributed by atoms with Gasteiger partial charge in [-0.2, -0.15) is 5.10 Å². The highest BCUT2D eigenvalue weighted by atomic mass is 16.5. The first-order valence-electron chi connectivity index (χ1n) is 13.5. The van der Waals surface area contributed by atoms with Crippen LogP contribution in [-0.2, 0) is 9.53 Å². The summed E-state index contributed by atoms with van der Waals surface area (Å²) in [7, 11) is 0. The zero-order valence-electron chi connectivity index (χ0n) is 23.2. The van der Waals surface area contributed by atoms with E-state index in [-0.39, 0.29) is 35.5 Å². The third-order valence-corrected chi connectivity index (χ3v) is 7.54. The standard InChI is InChI=1S/C29H38N6O3/c1-17-11-18(2)32-27(37)22(17)15-30-26(36)21-12-24(19-13-28(3,4)34-29(5,6)14-19)33-25-23(21)16-31-35(25)20-7-9-38-10-8-20/h11-13,16,20,22,34H,7-10,14-15H2,1-6H3,(H,30,36). The van der Waals surface area contributed by atoms with Crippen LogP contribution >= 0.6 is 0 Å². The van der Waals surface area contributed by atoms with Crippen molar-refractivity contribution in [1.29, 1.82) is 0 Å². The third-order valence-electron chi connectivity index (χ3n) is 7.54. The number of aliphatic imine (C=N–C) groups is 1. The van der Waals surface area contributed by atoms with Crippen molar-refractivity contribution < 1.29 is 14.3 Å². The molecule has 9 heteroatoms. The second-order valence-electron chi connectivity index (χ2n) is 12.0. The Morgan fingerprint density at radius 2 is 1.95 bits per heavy atom. The largest absolute Gasteiger partial charge is 0.381 e. The van der Waals surface area contributed by atoms with Crippen LogP contribution in [0.1, 0.15) is 82.9 Å². The van der Waals surface area contributed by atoms with Crippen molar-refractivity contribution in [3.63, 3.8) is 0 Å². The van der Waals surface area contributed by atoms with Gasteiger partial charge in [-0.3, -0.25) is 9.59 Å². The molecule has 3 aliphatic rings. The van der Waals surface area contributed by atoms with Crippen molar-refractivity contribution in [2.24, 2.45) is 10.9 Å². The van der Waals surface area contributed by atoms with Crippen molar-refractivity contribution in [1.82, 2.24) is 25.4 Å². The van der Waals surface area contributed by atoms with E-state index in [1.54, 1.807) is 13.1 Å². The summed E-state index contributed by atoms with van der Waals surface area (Å²) in [5, 5.41) is 12.1. The van der Waals surface area contributed by atoms with E-state index in [2.05, 4.69) is 49.4 Å². The average molecular weight is 519 g/mol. The number of allylic oxidation sites excluding steroid dienone is 1. The number of amides is 2. The molecule has 1 saturated heterocycles. The number of fused-ring (bicyclic) bond motifs is 1. The molecule has 2 N–H and O–H groups in total. The molecule has 1 atom stereocenters. The monoisotopic (exact) mass is 518 g/mol. The van der Waals surface area contributed by atoms with Gasteiger partial charge in [0.1, 0.15) is 0 Å². The van der Waals surface area contributed by atoms with Crippen LogP contribution in [0.4, 0.5) is 0 Å². The maximum atomic E-state index is 13.7. The van der Waals surface area contributed by atoms with E-state index in [0.29, 0.717) is 35.5 Å². The summed E-state index contributed by atoms with van der Waals surface area (Å²) < 4.78 is 7.53. The quantitative estimate of drug-likeness (QED) is 0.619. The van der Waals surface area contributed by atoms with Crippen molar-refractivity contribution in [3.05, 3.63) is 41.2 Å². The Bertz CT molecular complexity index is 1370. The number of carbonyl (C=O) groups is 2. The molecule has 5 rings (SSSR count). The van der Waals surface area contributed by atoms with Gasteiger partial charge < -0.3 is 15.4 Å². The fourth-order valence-electron chi connectivity index (χ4n) is 6.09. The summed E-state index contributed by atoms with van der Waals surface area (Å²) in [6.07, 6.45) is 8.33. The average Bonchev–Trinajstić information content (AvgIpc) is 3.25. The number of nitrogens with zero attached hydrogens (tertiary/aromatic N) is 4. The van der Waals surface area contributed by atoms with E-state index >= 15 is 0 Å². The van der Waals surface area contributed by atoms with Gasteiger partial charge in [0.2, 0.25) is 0 Å². The lowest BCUT2D eigenvalue weighted by atomic mass is 9.82. The Hall–Kier alpha value is -3.17. The van der Waals surface area contributed by atoms with E-state index in [1.165, 1.54) is 0 Å². The van der Waals surface area contributed by atoms with Crippen molar-refractivity contribution in [2.45, 2.75) is 77.9 Å². The summed E-state index contributed by atoms with van der Waals surface area (Å²) in [4.78, 5) is 35.3. The SMILES string of the molecule is CC1=CC(C)=NC(=O)C1CNC(=O)c1cc(C2=CC(C)(C)NC(C)(C)C2)nc2c1cnn2C1CCOCC1. The third kappa shape index (κ3) is 5.35. The number of carbonyl (C=O) groups excluding carboxylic acids is 2. The minimum atomic E-state index is -0.460. The molecule has 3 aliphatic heterocycles. The first-order valence-corrected chi connectivity index (χ1v) is 13.5. The van der Waals surface area contributed by atoms with Crippen molar-refractivity contribution in [3.8, 4) is 0 Å². The molecule has 2 amide bonds. The molecular weight excluding hydrogens is 480 g/mol. The molecule has 1 fully saturated rings. The smallest absolute Gasteiger partial charge is 0.254 e. The van der Waals surface area contributed by atoms with E-state index in [1.807, 2.05) is 23.7 Å². The molecule has 38 heavy (non-hydrogen) atoms. The van der Waals surface area contributed by atoms with Gasteiger partial charge in [-0.1, -0.05) is 11.6 Å². The predicted molar refractivity (Wildman–Crippen MR) is 148 cm³/mol. The first kappa shape index (κ1) is 26.4. The molecule has 1 unspecified atom stereocenters. The molecule has 0 radical (unpaired) electrons. The molecule has 9 nitrogen and oxygen atoms in total. The van der Waals surface area contributed by atoms with Crippen LogP contribution in [0.5, 0.6) is 0 Å². The number of pyridine rings is 1. The summed E-state index contributed by atoms with van der Waals surface area (Å²) in [6, 6.07) is 2.05. The minimum Gasteiger partial charge on any atom is -0.381 e. The predicted octanol–water partition coefficient (Wildman–Crippen LogP) is 4.01. The second-order valence-corrected chi connectivity index (χ2v) is 12.0. The lowest BCUT2D eigenvalue weighted by molar-refractivity contribution is -0.120. The number of ether oxygens (including phenoxy) is 1. The zero-order chi connectivity index (χ0) is 27.2. The summed E-state index contributed by atoms with van der Waals surface area (Å²) >= 11 is 0. The van der Waals surface area contributed by atoms with E-state index in [4.69, 9.17) is 14.8 Å². The Morgan fingerprint density at radius 1 is 1.21 bits per heavy atom. The van der Waals surface area contributed by atoms with Crippen LogP contribution in [0.3, 0.4) is 0 Å². The van der Waals surface area contributed by atoms with Crippen LogP contribution in [0.25, 0.3) is 16.6 Å². The topological polar surface area (TPSA) is 111 Å². The molecule has 2 aromatic heterocycles. The van der Waals surface area contributed by atoms with Gasteiger partial charge in [0.25, 0.3) is 11.8 Å². The first-order chi connectivity index (χ1) is 17.9. The Kier molecular flexibility index (Phi) is 6.86. The van der Waals surface area contributed by atoms with Crippen molar-refractivity contribution in [2.75, 3.05) is 19.8 Å². The van der Waals surface area contributed by atoms with Crippen LogP contribution in [0.2, 0.25) is 0 Å².